The van der Waals surface area contributed by atoms with Crippen molar-refractivity contribution in [2.24, 2.45) is 23.7 Å². The van der Waals surface area contributed by atoms with Gasteiger partial charge in [-0.25, -0.2) is 0 Å². The van der Waals surface area contributed by atoms with Crippen molar-refractivity contribution in [1.82, 2.24) is 0 Å². The fraction of sp³-hybridized carbons (Fsp3) is 0.833. The number of ether oxygens (including phenoxy) is 2. The van der Waals surface area contributed by atoms with Crippen LogP contribution in [0.5, 0.6) is 0 Å². The number of carbonyl (C=O) groups is 2. The van der Waals surface area contributed by atoms with E-state index in [-0.39, 0.29) is 35.8 Å². The molecule has 1 saturated heterocycles. The van der Waals surface area contributed by atoms with Gasteiger partial charge in [0.25, 0.3) is 0 Å². The average Bonchev–Trinajstić information content (AvgIpc) is 2.89. The van der Waals surface area contributed by atoms with Gasteiger partial charge in [0, 0.05) is 11.8 Å². The van der Waals surface area contributed by atoms with Gasteiger partial charge in [0.05, 0.1) is 24.5 Å². The number of esters is 2. The Morgan fingerprint density at radius 1 is 1.53 bits per heavy atom. The van der Waals surface area contributed by atoms with Crippen LogP contribution in [0.15, 0.2) is 0 Å². The highest BCUT2D eigenvalue weighted by molar-refractivity contribution is 5.86. The topological polar surface area (TPSA) is 72.8 Å². The molecule has 0 radical (unpaired) electrons. The van der Waals surface area contributed by atoms with Crippen molar-refractivity contribution in [2.45, 2.75) is 32.0 Å². The lowest BCUT2D eigenvalue weighted by Crippen LogP contribution is -2.41. The first kappa shape index (κ1) is 11.0. The highest BCUT2D eigenvalue weighted by atomic mass is 16.6. The van der Waals surface area contributed by atoms with E-state index in [9.17, 15) is 14.7 Å². The lowest BCUT2D eigenvalue weighted by molar-refractivity contribution is -0.156. The first-order valence-electron chi connectivity index (χ1n) is 6.20. The van der Waals surface area contributed by atoms with Gasteiger partial charge in [0.1, 0.15) is 6.10 Å². The Morgan fingerprint density at radius 2 is 2.29 bits per heavy atom. The number of rotatable bonds is 3. The third-order valence-electron chi connectivity index (χ3n) is 4.30. The van der Waals surface area contributed by atoms with Crippen LogP contribution in [0.3, 0.4) is 0 Å². The van der Waals surface area contributed by atoms with Gasteiger partial charge in [-0.1, -0.05) is 6.92 Å². The molecule has 3 fully saturated rings. The van der Waals surface area contributed by atoms with Crippen LogP contribution in [-0.2, 0) is 19.1 Å². The molecular weight excluding hydrogens is 224 g/mol. The summed E-state index contributed by atoms with van der Waals surface area (Å²) >= 11 is 0. The Labute approximate surface area is 99.1 Å². The van der Waals surface area contributed by atoms with Crippen LogP contribution in [-0.4, -0.2) is 35.9 Å². The van der Waals surface area contributed by atoms with Crippen molar-refractivity contribution >= 4 is 11.9 Å². The van der Waals surface area contributed by atoms with E-state index in [1.165, 1.54) is 0 Å². The van der Waals surface area contributed by atoms with E-state index in [0.29, 0.717) is 13.0 Å². The van der Waals surface area contributed by atoms with Gasteiger partial charge in [0.2, 0.25) is 0 Å². The summed E-state index contributed by atoms with van der Waals surface area (Å²) in [7, 11) is 0. The van der Waals surface area contributed by atoms with Gasteiger partial charge >= 0.3 is 11.9 Å². The minimum absolute atomic E-state index is 0.0154. The molecule has 6 unspecified atom stereocenters. The van der Waals surface area contributed by atoms with Crippen LogP contribution in [0.2, 0.25) is 0 Å². The smallest absolute Gasteiger partial charge is 0.310 e. The Balaban J connectivity index is 1.82. The van der Waals surface area contributed by atoms with E-state index < -0.39 is 12.0 Å². The Morgan fingerprint density at radius 3 is 3.00 bits per heavy atom. The van der Waals surface area contributed by atoms with Crippen LogP contribution in [0.4, 0.5) is 0 Å². The summed E-state index contributed by atoms with van der Waals surface area (Å²) in [6.07, 6.45) is 0.385. The zero-order chi connectivity index (χ0) is 12.2. The maximum Gasteiger partial charge on any atom is 0.310 e. The number of aliphatic hydroxyl groups excluding tert-OH is 1. The summed E-state index contributed by atoms with van der Waals surface area (Å²) in [5, 5.41) is 9.98. The van der Waals surface area contributed by atoms with Crippen LogP contribution in [0.1, 0.15) is 19.8 Å². The number of carbonyl (C=O) groups excluding carboxylic acids is 2. The molecule has 2 aliphatic carbocycles. The minimum Gasteiger partial charge on any atom is -0.465 e. The zero-order valence-corrected chi connectivity index (χ0v) is 9.67. The molecule has 0 spiro atoms. The van der Waals surface area contributed by atoms with Crippen LogP contribution < -0.4 is 0 Å². The molecule has 5 nitrogen and oxygen atoms in total. The molecule has 1 heterocycles. The van der Waals surface area contributed by atoms with E-state index in [2.05, 4.69) is 0 Å². The Kier molecular flexibility index (Phi) is 2.40. The molecule has 3 aliphatic rings. The molecular formula is C12H16O5. The SMILES string of the molecule is CCCOC(=O)C1C2CC3C(OC(=O)C31)C2O. The van der Waals surface area contributed by atoms with Crippen molar-refractivity contribution in [3.8, 4) is 0 Å². The molecule has 6 atom stereocenters. The normalized spacial score (nSPS) is 46.1. The highest BCUT2D eigenvalue weighted by Crippen LogP contribution is 2.57. The van der Waals surface area contributed by atoms with Gasteiger partial charge in [-0.3, -0.25) is 9.59 Å². The zero-order valence-electron chi connectivity index (χ0n) is 9.67. The molecule has 2 saturated carbocycles. The second-order valence-corrected chi connectivity index (χ2v) is 5.17. The van der Waals surface area contributed by atoms with Gasteiger partial charge < -0.3 is 14.6 Å². The average molecular weight is 240 g/mol. The third kappa shape index (κ3) is 1.35. The van der Waals surface area contributed by atoms with Crippen LogP contribution in [0.25, 0.3) is 0 Å². The number of aliphatic hydroxyl groups is 1. The van der Waals surface area contributed by atoms with Crippen LogP contribution in [0, 0.1) is 23.7 Å². The molecule has 1 N–H and O–H groups in total. The van der Waals surface area contributed by atoms with E-state index in [1.807, 2.05) is 6.92 Å². The fourth-order valence-electron chi connectivity index (χ4n) is 3.64. The van der Waals surface area contributed by atoms with Crippen LogP contribution >= 0.6 is 0 Å². The molecule has 17 heavy (non-hydrogen) atoms. The summed E-state index contributed by atoms with van der Waals surface area (Å²) in [5.41, 5.74) is 0. The molecule has 0 aromatic rings. The summed E-state index contributed by atoms with van der Waals surface area (Å²) in [5.74, 6) is -1.70. The number of hydrogen-bond acceptors (Lipinski definition) is 5. The Bertz CT molecular complexity index is 366. The third-order valence-corrected chi connectivity index (χ3v) is 4.30. The van der Waals surface area contributed by atoms with Gasteiger partial charge in [-0.05, 0) is 12.8 Å². The quantitative estimate of drug-likeness (QED) is 0.709. The molecule has 1 aliphatic heterocycles. The Hall–Kier alpha value is -1.10. The first-order valence-corrected chi connectivity index (χ1v) is 6.20. The minimum atomic E-state index is -0.693. The number of hydrogen-bond donors (Lipinski definition) is 1. The lowest BCUT2D eigenvalue weighted by Gasteiger charge is -2.26. The van der Waals surface area contributed by atoms with Crippen molar-refractivity contribution in [3.05, 3.63) is 0 Å². The monoisotopic (exact) mass is 240 g/mol. The summed E-state index contributed by atoms with van der Waals surface area (Å²) < 4.78 is 10.3. The standard InChI is InChI=1S/C12H16O5/c1-2-3-16-11(14)7-5-4-6-8(7)12(15)17-10(6)9(5)13/h5-10,13H,2-4H2,1H3. The summed E-state index contributed by atoms with van der Waals surface area (Å²) in [4.78, 5) is 23.6. The predicted molar refractivity (Wildman–Crippen MR) is 55.7 cm³/mol. The van der Waals surface area contributed by atoms with Gasteiger partial charge in [0.15, 0.2) is 0 Å². The molecule has 0 aromatic carbocycles. The lowest BCUT2D eigenvalue weighted by atomic mass is 9.78. The highest BCUT2D eigenvalue weighted by Gasteiger charge is 2.68. The van der Waals surface area contributed by atoms with Gasteiger partial charge in [-0.2, -0.15) is 0 Å². The maximum atomic E-state index is 11.9. The van der Waals surface area contributed by atoms with Crippen molar-refractivity contribution in [3.63, 3.8) is 0 Å². The molecule has 0 amide bonds. The maximum absolute atomic E-state index is 11.9. The fourth-order valence-corrected chi connectivity index (χ4v) is 3.64. The second kappa shape index (κ2) is 3.70. The van der Waals surface area contributed by atoms with E-state index in [1.54, 1.807) is 0 Å². The molecule has 5 heteroatoms. The van der Waals surface area contributed by atoms with Crippen molar-refractivity contribution in [2.75, 3.05) is 6.61 Å². The van der Waals surface area contributed by atoms with Gasteiger partial charge in [-0.15, -0.1) is 0 Å². The van der Waals surface area contributed by atoms with E-state index in [0.717, 1.165) is 6.42 Å². The molecule has 0 aromatic heterocycles. The molecule has 2 bridgehead atoms. The second-order valence-electron chi connectivity index (χ2n) is 5.17. The molecule has 94 valence electrons. The predicted octanol–water partition coefficient (Wildman–Crippen LogP) is 0.108. The summed E-state index contributed by atoms with van der Waals surface area (Å²) in [6, 6.07) is 0. The van der Waals surface area contributed by atoms with Crippen molar-refractivity contribution in [1.29, 1.82) is 0 Å². The first-order chi connectivity index (χ1) is 8.15. The van der Waals surface area contributed by atoms with Crippen molar-refractivity contribution < 1.29 is 24.2 Å². The molecule has 3 rings (SSSR count). The van der Waals surface area contributed by atoms with E-state index >= 15 is 0 Å². The largest absolute Gasteiger partial charge is 0.465 e. The van der Waals surface area contributed by atoms with E-state index in [4.69, 9.17) is 9.47 Å². The summed E-state index contributed by atoms with van der Waals surface area (Å²) in [6.45, 7) is 2.29. The number of fused-ring (bicyclic) bond motifs is 1.